The number of halogens is 2. The van der Waals surface area contributed by atoms with E-state index in [9.17, 15) is 14.0 Å². The van der Waals surface area contributed by atoms with Crippen LogP contribution < -0.4 is 0 Å². The van der Waals surface area contributed by atoms with E-state index in [-0.39, 0.29) is 17.6 Å². The van der Waals surface area contributed by atoms with Crippen molar-refractivity contribution in [2.45, 2.75) is 19.8 Å². The Kier molecular flexibility index (Phi) is 6.11. The van der Waals surface area contributed by atoms with Gasteiger partial charge in [-0.15, -0.1) is 0 Å². The summed E-state index contributed by atoms with van der Waals surface area (Å²) < 4.78 is 13.1. The first-order valence-corrected chi connectivity index (χ1v) is 9.50. The summed E-state index contributed by atoms with van der Waals surface area (Å²) in [6, 6.07) is 11.1. The van der Waals surface area contributed by atoms with Gasteiger partial charge in [-0.1, -0.05) is 24.6 Å². The largest absolute Gasteiger partial charge is 0.337 e. The molecule has 1 heterocycles. The van der Waals surface area contributed by atoms with Gasteiger partial charge in [0, 0.05) is 31.7 Å². The van der Waals surface area contributed by atoms with Crippen molar-refractivity contribution in [3.8, 4) is 0 Å². The first-order chi connectivity index (χ1) is 13.0. The molecule has 0 unspecified atom stereocenters. The zero-order chi connectivity index (χ0) is 19.4. The lowest BCUT2D eigenvalue weighted by Crippen LogP contribution is -2.37. The molecule has 0 N–H and O–H groups in total. The van der Waals surface area contributed by atoms with E-state index in [1.165, 1.54) is 24.3 Å². The zero-order valence-corrected chi connectivity index (χ0v) is 16.0. The van der Waals surface area contributed by atoms with Crippen LogP contribution in [0.25, 0.3) is 0 Å². The quantitative estimate of drug-likeness (QED) is 0.796. The van der Waals surface area contributed by atoms with E-state index in [1.807, 2.05) is 19.1 Å². The Labute approximate surface area is 163 Å². The monoisotopic (exact) mass is 388 g/mol. The lowest BCUT2D eigenvalue weighted by atomic mass is 10.1. The predicted octanol–water partition coefficient (Wildman–Crippen LogP) is 4.03. The van der Waals surface area contributed by atoms with E-state index in [4.69, 9.17) is 11.6 Å². The molecule has 0 saturated carbocycles. The Hall–Kier alpha value is -2.40. The van der Waals surface area contributed by atoms with Gasteiger partial charge >= 0.3 is 0 Å². The molecule has 0 aromatic heterocycles. The molecule has 0 atom stereocenters. The van der Waals surface area contributed by atoms with Crippen molar-refractivity contribution in [1.29, 1.82) is 0 Å². The van der Waals surface area contributed by atoms with Crippen molar-refractivity contribution < 1.29 is 14.0 Å². The average molecular weight is 389 g/mol. The van der Waals surface area contributed by atoms with E-state index in [0.717, 1.165) is 12.0 Å². The standard InChI is InChI=1S/C21H22ClFN2O2/c1-2-15-4-9-19(22)18(14-15)21(27)25-11-3-10-24(12-13-25)20(26)16-5-7-17(23)8-6-16/h4-9,14H,2-3,10-13H2,1H3. The summed E-state index contributed by atoms with van der Waals surface area (Å²) in [5.41, 5.74) is 2.02. The molecule has 1 fully saturated rings. The molecule has 0 bridgehead atoms. The predicted molar refractivity (Wildman–Crippen MR) is 104 cm³/mol. The molecule has 0 radical (unpaired) electrons. The summed E-state index contributed by atoms with van der Waals surface area (Å²) in [5, 5.41) is 0.445. The van der Waals surface area contributed by atoms with Crippen molar-refractivity contribution in [2.24, 2.45) is 0 Å². The number of carbonyl (C=O) groups is 2. The first kappa shape index (κ1) is 19.4. The van der Waals surface area contributed by atoms with Crippen LogP contribution in [-0.2, 0) is 6.42 Å². The van der Waals surface area contributed by atoms with Gasteiger partial charge in [0.25, 0.3) is 11.8 Å². The van der Waals surface area contributed by atoms with Crippen LogP contribution in [0, 0.1) is 5.82 Å². The third kappa shape index (κ3) is 4.48. The van der Waals surface area contributed by atoms with Crippen LogP contribution in [0.5, 0.6) is 0 Å². The molecule has 2 amide bonds. The van der Waals surface area contributed by atoms with Crippen molar-refractivity contribution >= 4 is 23.4 Å². The van der Waals surface area contributed by atoms with Crippen LogP contribution in [-0.4, -0.2) is 47.8 Å². The fourth-order valence-corrected chi connectivity index (χ4v) is 3.42. The van der Waals surface area contributed by atoms with Gasteiger partial charge < -0.3 is 9.80 Å². The highest BCUT2D eigenvalue weighted by atomic mass is 35.5. The number of hydrogen-bond acceptors (Lipinski definition) is 2. The smallest absolute Gasteiger partial charge is 0.255 e. The average Bonchev–Trinajstić information content (AvgIpc) is 2.94. The van der Waals surface area contributed by atoms with Gasteiger partial charge in [-0.2, -0.15) is 0 Å². The van der Waals surface area contributed by atoms with Gasteiger partial charge in [-0.25, -0.2) is 4.39 Å². The van der Waals surface area contributed by atoms with Gasteiger partial charge in [0.05, 0.1) is 10.6 Å². The Balaban J connectivity index is 1.70. The third-order valence-electron chi connectivity index (χ3n) is 4.83. The minimum Gasteiger partial charge on any atom is -0.337 e. The van der Waals surface area contributed by atoms with Gasteiger partial charge in [-0.3, -0.25) is 9.59 Å². The summed E-state index contributed by atoms with van der Waals surface area (Å²) in [6.07, 6.45) is 1.52. The van der Waals surface area contributed by atoms with Gasteiger partial charge in [0.15, 0.2) is 0 Å². The zero-order valence-electron chi connectivity index (χ0n) is 15.3. The number of hydrogen-bond donors (Lipinski definition) is 0. The van der Waals surface area contributed by atoms with Gasteiger partial charge in [-0.05, 0) is 54.8 Å². The molecule has 3 rings (SSSR count). The fraction of sp³-hybridized carbons (Fsp3) is 0.333. The highest BCUT2D eigenvalue weighted by Gasteiger charge is 2.24. The Morgan fingerprint density at radius 1 is 0.963 bits per heavy atom. The maximum Gasteiger partial charge on any atom is 0.255 e. The summed E-state index contributed by atoms with van der Waals surface area (Å²) in [6.45, 7) is 4.04. The lowest BCUT2D eigenvalue weighted by Gasteiger charge is -2.23. The maximum absolute atomic E-state index is 13.1. The molecule has 2 aromatic carbocycles. The second kappa shape index (κ2) is 8.53. The Morgan fingerprint density at radius 2 is 1.59 bits per heavy atom. The number of benzene rings is 2. The van der Waals surface area contributed by atoms with E-state index in [2.05, 4.69) is 0 Å². The highest BCUT2D eigenvalue weighted by Crippen LogP contribution is 2.21. The highest BCUT2D eigenvalue weighted by molar-refractivity contribution is 6.33. The van der Waals surface area contributed by atoms with E-state index in [1.54, 1.807) is 15.9 Å². The summed E-state index contributed by atoms with van der Waals surface area (Å²) in [5.74, 6) is -0.618. The molecule has 142 valence electrons. The normalized spacial score (nSPS) is 14.8. The molecule has 4 nitrogen and oxygen atoms in total. The van der Waals surface area contributed by atoms with Crippen molar-refractivity contribution in [3.63, 3.8) is 0 Å². The second-order valence-electron chi connectivity index (χ2n) is 6.61. The Bertz CT molecular complexity index is 839. The molecule has 27 heavy (non-hydrogen) atoms. The van der Waals surface area contributed by atoms with Crippen LogP contribution in [0.15, 0.2) is 42.5 Å². The lowest BCUT2D eigenvalue weighted by molar-refractivity contribution is 0.0718. The Morgan fingerprint density at radius 3 is 2.22 bits per heavy atom. The molecule has 1 aliphatic heterocycles. The van der Waals surface area contributed by atoms with Crippen molar-refractivity contribution in [2.75, 3.05) is 26.2 Å². The molecular weight excluding hydrogens is 367 g/mol. The molecular formula is C21H22ClFN2O2. The topological polar surface area (TPSA) is 40.6 Å². The van der Waals surface area contributed by atoms with Crippen LogP contribution >= 0.6 is 11.6 Å². The van der Waals surface area contributed by atoms with Crippen LogP contribution in [0.3, 0.4) is 0 Å². The third-order valence-corrected chi connectivity index (χ3v) is 5.16. The fourth-order valence-electron chi connectivity index (χ4n) is 3.23. The number of rotatable bonds is 3. The molecule has 2 aromatic rings. The first-order valence-electron chi connectivity index (χ1n) is 9.12. The van der Waals surface area contributed by atoms with E-state index in [0.29, 0.717) is 48.7 Å². The van der Waals surface area contributed by atoms with Crippen LogP contribution in [0.1, 0.15) is 39.6 Å². The molecule has 0 aliphatic carbocycles. The molecule has 6 heteroatoms. The summed E-state index contributed by atoms with van der Waals surface area (Å²) in [4.78, 5) is 29.0. The molecule has 1 aliphatic rings. The minimum absolute atomic E-state index is 0.105. The van der Waals surface area contributed by atoms with Crippen molar-refractivity contribution in [3.05, 3.63) is 70.0 Å². The SMILES string of the molecule is CCc1ccc(Cl)c(C(=O)N2CCCN(C(=O)c3ccc(F)cc3)CC2)c1. The maximum atomic E-state index is 13.1. The van der Waals surface area contributed by atoms with E-state index < -0.39 is 0 Å². The van der Waals surface area contributed by atoms with Crippen molar-refractivity contribution in [1.82, 2.24) is 9.80 Å². The number of nitrogens with zero attached hydrogens (tertiary/aromatic N) is 2. The van der Waals surface area contributed by atoms with Gasteiger partial charge in [0.2, 0.25) is 0 Å². The second-order valence-corrected chi connectivity index (χ2v) is 7.02. The van der Waals surface area contributed by atoms with Gasteiger partial charge in [0.1, 0.15) is 5.82 Å². The van der Waals surface area contributed by atoms with Crippen LogP contribution in [0.4, 0.5) is 4.39 Å². The summed E-state index contributed by atoms with van der Waals surface area (Å²) in [7, 11) is 0. The molecule has 1 saturated heterocycles. The number of amides is 2. The number of carbonyl (C=O) groups excluding carboxylic acids is 2. The minimum atomic E-state index is -0.370. The number of aryl methyl sites for hydroxylation is 1. The van der Waals surface area contributed by atoms with E-state index >= 15 is 0 Å². The summed E-state index contributed by atoms with van der Waals surface area (Å²) >= 11 is 6.24. The molecule has 0 spiro atoms. The van der Waals surface area contributed by atoms with Crippen LogP contribution in [0.2, 0.25) is 5.02 Å².